The van der Waals surface area contributed by atoms with Gasteiger partial charge in [0.15, 0.2) is 11.5 Å². The van der Waals surface area contributed by atoms with Crippen LogP contribution >= 0.6 is 0 Å². The summed E-state index contributed by atoms with van der Waals surface area (Å²) in [5.74, 6) is 0.489. The van der Waals surface area contributed by atoms with Crippen LogP contribution in [0.2, 0.25) is 0 Å². The number of nitriles is 1. The van der Waals surface area contributed by atoms with Gasteiger partial charge in [0, 0.05) is 0 Å². The second-order valence-corrected chi connectivity index (χ2v) is 7.19. The minimum absolute atomic E-state index is 0. The predicted octanol–water partition coefficient (Wildman–Crippen LogP) is -0.0619. The van der Waals surface area contributed by atoms with E-state index >= 15 is 0 Å². The Morgan fingerprint density at radius 1 is 1.19 bits per heavy atom. The maximum Gasteiger partial charge on any atom is 1.00 e. The number of carbonyl (C=O) groups excluding carboxylic acids is 1. The molecule has 2 aliphatic rings. The molecule has 2 fully saturated rings. The zero-order valence-electron chi connectivity index (χ0n) is 15.6. The summed E-state index contributed by atoms with van der Waals surface area (Å²) in [5, 5.41) is 20.5. The summed E-state index contributed by atoms with van der Waals surface area (Å²) in [6.07, 6.45) is 6.81. The van der Waals surface area contributed by atoms with Crippen LogP contribution in [0.15, 0.2) is 18.2 Å². The van der Waals surface area contributed by atoms with E-state index in [1.165, 1.54) is 12.8 Å². The van der Waals surface area contributed by atoms with Gasteiger partial charge < -0.3 is 19.4 Å². The van der Waals surface area contributed by atoms with Crippen molar-refractivity contribution in [1.29, 1.82) is 5.26 Å². The van der Waals surface area contributed by atoms with Crippen LogP contribution in [-0.2, 0) is 4.79 Å². The Kier molecular flexibility index (Phi) is 7.04. The number of hydrogen-bond donors (Lipinski definition) is 0. The fourth-order valence-electron chi connectivity index (χ4n) is 4.03. The Balaban J connectivity index is 0.00000243. The Morgan fingerprint density at radius 3 is 2.38 bits per heavy atom. The number of hydrogen-bond acceptors (Lipinski definition) is 5. The summed E-state index contributed by atoms with van der Waals surface area (Å²) in [5.41, 5.74) is -0.203. The van der Waals surface area contributed by atoms with E-state index < -0.39 is 11.4 Å². The van der Waals surface area contributed by atoms with Gasteiger partial charge in [-0.25, -0.2) is 0 Å². The molecule has 0 N–H and O–H groups in total. The molecule has 1 aromatic rings. The molecule has 134 valence electrons. The standard InChI is InChI=1S/C20H25NO4.Li/c1-24-17-7-6-15(12-18(17)25-16-4-2-3-5-16)14-8-10-20(13-21,11-9-14)19(22)23;/h6-7,12,14,16H,2-5,8-11H2,1H3,(H,22,23);/q;+1/p-1. The molecule has 0 unspecified atom stereocenters. The van der Waals surface area contributed by atoms with Crippen LogP contribution in [0, 0.1) is 16.7 Å². The molecule has 0 saturated heterocycles. The van der Waals surface area contributed by atoms with Gasteiger partial charge in [-0.3, -0.25) is 0 Å². The third-order valence-corrected chi connectivity index (χ3v) is 5.70. The number of methoxy groups -OCH3 is 1. The normalized spacial score (nSPS) is 25.8. The maximum atomic E-state index is 11.3. The van der Waals surface area contributed by atoms with E-state index in [9.17, 15) is 15.2 Å². The van der Waals surface area contributed by atoms with Crippen molar-refractivity contribution in [2.24, 2.45) is 5.41 Å². The van der Waals surface area contributed by atoms with Gasteiger partial charge >= 0.3 is 18.9 Å². The molecule has 3 rings (SSSR count). The molecule has 0 aromatic heterocycles. The van der Waals surface area contributed by atoms with Crippen molar-refractivity contribution in [2.75, 3.05) is 7.11 Å². The van der Waals surface area contributed by atoms with Crippen LogP contribution in [0.3, 0.4) is 0 Å². The van der Waals surface area contributed by atoms with Crippen LogP contribution in [-0.4, -0.2) is 19.2 Å². The molecule has 0 amide bonds. The quantitative estimate of drug-likeness (QED) is 0.696. The average Bonchev–Trinajstić information content (AvgIpc) is 3.14. The van der Waals surface area contributed by atoms with Crippen LogP contribution in [0.25, 0.3) is 0 Å². The largest absolute Gasteiger partial charge is 1.00 e. The van der Waals surface area contributed by atoms with Gasteiger partial charge in [-0.15, -0.1) is 0 Å². The van der Waals surface area contributed by atoms with Crippen LogP contribution in [0.4, 0.5) is 0 Å². The molecular formula is C20H24LiNO4. The summed E-state index contributed by atoms with van der Waals surface area (Å²) < 4.78 is 11.6. The Labute approximate surface area is 166 Å². The van der Waals surface area contributed by atoms with Gasteiger partial charge in [0.25, 0.3) is 0 Å². The summed E-state index contributed by atoms with van der Waals surface area (Å²) >= 11 is 0. The average molecular weight is 349 g/mol. The van der Waals surface area contributed by atoms with Crippen molar-refractivity contribution < 1.29 is 38.2 Å². The van der Waals surface area contributed by atoms with Crippen molar-refractivity contribution in [3.05, 3.63) is 23.8 Å². The number of carbonyl (C=O) groups is 1. The van der Waals surface area contributed by atoms with E-state index in [4.69, 9.17) is 9.47 Å². The molecule has 1 aromatic carbocycles. The first-order valence-electron chi connectivity index (χ1n) is 9.05. The van der Waals surface area contributed by atoms with Crippen LogP contribution < -0.4 is 33.4 Å². The first-order valence-corrected chi connectivity index (χ1v) is 9.05. The van der Waals surface area contributed by atoms with Gasteiger partial charge in [0.05, 0.1) is 30.7 Å². The van der Waals surface area contributed by atoms with Gasteiger partial charge in [-0.05, 0) is 75.0 Å². The van der Waals surface area contributed by atoms with Gasteiger partial charge in [0.2, 0.25) is 0 Å². The fourth-order valence-corrected chi connectivity index (χ4v) is 4.03. The van der Waals surface area contributed by atoms with E-state index in [1.807, 2.05) is 24.3 Å². The predicted molar refractivity (Wildman–Crippen MR) is 90.1 cm³/mol. The molecular weight excluding hydrogens is 325 g/mol. The molecule has 5 nitrogen and oxygen atoms in total. The Hall–Kier alpha value is -1.62. The zero-order chi connectivity index (χ0) is 17.9. The maximum absolute atomic E-state index is 11.3. The topological polar surface area (TPSA) is 82.4 Å². The minimum atomic E-state index is -1.33. The van der Waals surface area contributed by atoms with E-state index in [2.05, 4.69) is 0 Å². The summed E-state index contributed by atoms with van der Waals surface area (Å²) in [6.45, 7) is 0. The third-order valence-electron chi connectivity index (χ3n) is 5.70. The number of rotatable bonds is 5. The number of carboxylic acid groups (broad SMARTS) is 1. The number of aliphatic carboxylic acids is 1. The second kappa shape index (κ2) is 8.85. The number of ether oxygens (including phenoxy) is 2. The zero-order valence-corrected chi connectivity index (χ0v) is 15.6. The van der Waals surface area contributed by atoms with Gasteiger partial charge in [-0.2, -0.15) is 5.26 Å². The molecule has 0 aliphatic heterocycles. The third kappa shape index (κ3) is 4.19. The molecule has 0 spiro atoms. The molecule has 26 heavy (non-hydrogen) atoms. The first-order chi connectivity index (χ1) is 12.1. The van der Waals surface area contributed by atoms with Crippen molar-refractivity contribution >= 4 is 5.97 Å². The molecule has 2 saturated carbocycles. The van der Waals surface area contributed by atoms with Gasteiger partial charge in [-0.1, -0.05) is 6.07 Å². The number of nitrogens with zero attached hydrogens (tertiary/aromatic N) is 1. The van der Waals surface area contributed by atoms with E-state index in [0.29, 0.717) is 25.7 Å². The smallest absolute Gasteiger partial charge is 0.548 e. The monoisotopic (exact) mass is 349 g/mol. The summed E-state index contributed by atoms with van der Waals surface area (Å²) in [4.78, 5) is 11.3. The summed E-state index contributed by atoms with van der Waals surface area (Å²) in [6, 6.07) is 7.93. The van der Waals surface area contributed by atoms with Crippen molar-refractivity contribution in [3.8, 4) is 17.6 Å². The van der Waals surface area contributed by atoms with E-state index in [0.717, 1.165) is 29.9 Å². The van der Waals surface area contributed by atoms with Crippen molar-refractivity contribution in [3.63, 3.8) is 0 Å². The summed E-state index contributed by atoms with van der Waals surface area (Å²) in [7, 11) is 1.64. The fraction of sp³-hybridized carbons (Fsp3) is 0.600. The van der Waals surface area contributed by atoms with E-state index in [1.54, 1.807) is 7.11 Å². The number of carboxylic acids is 1. The van der Waals surface area contributed by atoms with Crippen molar-refractivity contribution in [2.45, 2.75) is 63.4 Å². The SMILES string of the molecule is COc1ccc(C2CCC(C#N)(C(=O)[O-])CC2)cc1OC1CCCC1.[Li+]. The Morgan fingerprint density at radius 2 is 1.85 bits per heavy atom. The minimum Gasteiger partial charge on any atom is -0.548 e. The molecule has 0 bridgehead atoms. The molecule has 6 heteroatoms. The molecule has 2 aliphatic carbocycles. The van der Waals surface area contributed by atoms with Gasteiger partial charge in [0.1, 0.15) is 0 Å². The van der Waals surface area contributed by atoms with Crippen LogP contribution in [0.5, 0.6) is 11.5 Å². The number of benzene rings is 1. The van der Waals surface area contributed by atoms with Crippen molar-refractivity contribution in [1.82, 2.24) is 0 Å². The van der Waals surface area contributed by atoms with E-state index in [-0.39, 0.29) is 30.9 Å². The second-order valence-electron chi connectivity index (χ2n) is 7.19. The molecule has 0 heterocycles. The van der Waals surface area contributed by atoms with Crippen LogP contribution in [0.1, 0.15) is 62.8 Å². The first kappa shape index (κ1) is 20.7. The Bertz CT molecular complexity index is 671. The molecule has 0 radical (unpaired) electrons. The molecule has 0 atom stereocenters.